The van der Waals surface area contributed by atoms with Gasteiger partial charge in [-0.25, -0.2) is 4.98 Å². The molecule has 1 atom stereocenters. The molecule has 8 nitrogen and oxygen atoms in total. The summed E-state index contributed by atoms with van der Waals surface area (Å²) in [7, 11) is 1.41. The molecule has 1 aliphatic heterocycles. The van der Waals surface area contributed by atoms with Gasteiger partial charge in [0.15, 0.2) is 16.6 Å². The number of aromatic hydroxyl groups is 1. The molecule has 1 aliphatic rings. The number of aliphatic hydroxyl groups excluding tert-OH is 1. The molecular formula is C29H26N2O6S. The number of aromatic nitrogens is 1. The number of methoxy groups -OCH3 is 1. The molecule has 2 N–H and O–H groups in total. The van der Waals surface area contributed by atoms with Gasteiger partial charge in [-0.3, -0.25) is 14.5 Å². The highest BCUT2D eigenvalue weighted by molar-refractivity contribution is 7.22. The summed E-state index contributed by atoms with van der Waals surface area (Å²) in [4.78, 5) is 32.9. The van der Waals surface area contributed by atoms with Crippen LogP contribution in [0.4, 0.5) is 5.13 Å². The molecule has 1 saturated heterocycles. The Bertz CT molecular complexity index is 1570. The molecule has 1 amide bonds. The third-order valence-corrected chi connectivity index (χ3v) is 7.32. The lowest BCUT2D eigenvalue weighted by atomic mass is 9.95. The molecule has 3 aromatic carbocycles. The van der Waals surface area contributed by atoms with E-state index >= 15 is 0 Å². The summed E-state index contributed by atoms with van der Waals surface area (Å²) in [6.07, 6.45) is 0.854. The van der Waals surface area contributed by atoms with Crippen LogP contribution in [-0.2, 0) is 9.59 Å². The fraction of sp³-hybridized carbons (Fsp3) is 0.207. The van der Waals surface area contributed by atoms with Crippen LogP contribution in [0.3, 0.4) is 0 Å². The van der Waals surface area contributed by atoms with E-state index in [1.54, 1.807) is 36.4 Å². The van der Waals surface area contributed by atoms with E-state index in [0.29, 0.717) is 34.1 Å². The van der Waals surface area contributed by atoms with Crippen LogP contribution >= 0.6 is 11.3 Å². The topological polar surface area (TPSA) is 109 Å². The molecule has 1 fully saturated rings. The highest BCUT2D eigenvalue weighted by Gasteiger charge is 2.48. The first-order valence-electron chi connectivity index (χ1n) is 12.1. The van der Waals surface area contributed by atoms with E-state index in [1.807, 2.05) is 32.0 Å². The summed E-state index contributed by atoms with van der Waals surface area (Å²) in [6, 6.07) is 16.0. The van der Waals surface area contributed by atoms with Crippen LogP contribution in [0.25, 0.3) is 16.0 Å². The summed E-state index contributed by atoms with van der Waals surface area (Å²) in [5, 5.41) is 21.9. The summed E-state index contributed by atoms with van der Waals surface area (Å²) in [6.45, 7) is 4.53. The van der Waals surface area contributed by atoms with Crippen LogP contribution in [0.2, 0.25) is 0 Å². The van der Waals surface area contributed by atoms with Crippen molar-refractivity contribution in [2.75, 3.05) is 18.6 Å². The monoisotopic (exact) mass is 530 g/mol. The number of rotatable bonds is 7. The zero-order valence-corrected chi connectivity index (χ0v) is 21.9. The number of phenolic OH excluding ortho intramolecular Hbond substituents is 1. The summed E-state index contributed by atoms with van der Waals surface area (Å²) in [5.41, 5.74) is 2.49. The van der Waals surface area contributed by atoms with Crippen molar-refractivity contribution in [1.29, 1.82) is 0 Å². The van der Waals surface area contributed by atoms with Gasteiger partial charge < -0.3 is 19.7 Å². The lowest BCUT2D eigenvalue weighted by Crippen LogP contribution is -2.29. The number of thiazole rings is 1. The number of aryl methyl sites for hydroxylation is 1. The fourth-order valence-corrected chi connectivity index (χ4v) is 5.51. The van der Waals surface area contributed by atoms with Crippen molar-refractivity contribution in [1.82, 2.24) is 4.98 Å². The number of fused-ring (bicyclic) bond motifs is 1. The van der Waals surface area contributed by atoms with Crippen molar-refractivity contribution in [3.63, 3.8) is 0 Å². The predicted molar refractivity (Wildman–Crippen MR) is 146 cm³/mol. The van der Waals surface area contributed by atoms with Gasteiger partial charge in [0.1, 0.15) is 11.5 Å². The Labute approximate surface area is 223 Å². The average Bonchev–Trinajstić information content (AvgIpc) is 3.45. The predicted octanol–water partition coefficient (Wildman–Crippen LogP) is 5.73. The largest absolute Gasteiger partial charge is 0.507 e. The maximum atomic E-state index is 13.5. The van der Waals surface area contributed by atoms with E-state index in [2.05, 4.69) is 4.98 Å². The molecule has 0 aliphatic carbocycles. The van der Waals surface area contributed by atoms with Gasteiger partial charge in [0, 0.05) is 5.56 Å². The molecule has 0 saturated carbocycles. The minimum atomic E-state index is -0.998. The number of aliphatic hydroxyl groups is 1. The number of ether oxygens (including phenoxy) is 2. The van der Waals surface area contributed by atoms with Gasteiger partial charge in [0.2, 0.25) is 0 Å². The molecule has 1 aromatic heterocycles. The van der Waals surface area contributed by atoms with E-state index in [1.165, 1.54) is 29.4 Å². The zero-order valence-electron chi connectivity index (χ0n) is 21.1. The number of carbonyl (C=O) groups is 2. The van der Waals surface area contributed by atoms with Gasteiger partial charge >= 0.3 is 5.91 Å². The Balaban J connectivity index is 1.68. The Morgan fingerprint density at radius 3 is 2.55 bits per heavy atom. The van der Waals surface area contributed by atoms with Gasteiger partial charge in [-0.1, -0.05) is 30.4 Å². The number of anilines is 1. The standard InChI is InChI=1S/C29H26N2O6S/c1-4-13-37-19-9-6-17(7-10-19)26(33)24-25(18-8-12-21(32)22(15-18)36-3)31(28(35)27(24)34)29-30-20-11-5-16(2)14-23(20)38-29/h5-12,14-15,25,32-33H,4,13H2,1-3H3/b26-24+. The van der Waals surface area contributed by atoms with Crippen molar-refractivity contribution in [2.24, 2.45) is 0 Å². The van der Waals surface area contributed by atoms with E-state index in [9.17, 15) is 19.8 Å². The van der Waals surface area contributed by atoms with Gasteiger partial charge in [0.05, 0.1) is 35.5 Å². The Hall–Kier alpha value is -4.37. The lowest BCUT2D eigenvalue weighted by molar-refractivity contribution is -0.132. The van der Waals surface area contributed by atoms with Crippen molar-refractivity contribution in [3.8, 4) is 17.2 Å². The number of ketones is 1. The first-order chi connectivity index (χ1) is 18.3. The average molecular weight is 531 g/mol. The van der Waals surface area contributed by atoms with Gasteiger partial charge in [-0.2, -0.15) is 0 Å². The van der Waals surface area contributed by atoms with E-state index in [0.717, 1.165) is 16.7 Å². The first kappa shape index (κ1) is 25.3. The van der Waals surface area contributed by atoms with Crippen LogP contribution < -0.4 is 14.4 Å². The van der Waals surface area contributed by atoms with Crippen molar-refractivity contribution < 1.29 is 29.3 Å². The highest BCUT2D eigenvalue weighted by atomic mass is 32.1. The van der Waals surface area contributed by atoms with Crippen LogP contribution in [0.5, 0.6) is 17.2 Å². The van der Waals surface area contributed by atoms with Crippen molar-refractivity contribution in [2.45, 2.75) is 26.3 Å². The molecule has 0 bridgehead atoms. The van der Waals surface area contributed by atoms with Gasteiger partial charge in [-0.05, 0) is 73.0 Å². The van der Waals surface area contributed by atoms with Crippen LogP contribution in [0, 0.1) is 6.92 Å². The van der Waals surface area contributed by atoms with E-state index in [4.69, 9.17) is 9.47 Å². The molecule has 2 heterocycles. The normalized spacial score (nSPS) is 16.8. The zero-order chi connectivity index (χ0) is 27.0. The second-order valence-electron chi connectivity index (χ2n) is 8.94. The lowest BCUT2D eigenvalue weighted by Gasteiger charge is -2.23. The maximum Gasteiger partial charge on any atom is 0.301 e. The van der Waals surface area contributed by atoms with E-state index < -0.39 is 17.7 Å². The highest BCUT2D eigenvalue weighted by Crippen LogP contribution is 2.45. The van der Waals surface area contributed by atoms with Gasteiger partial charge in [-0.15, -0.1) is 0 Å². The molecule has 194 valence electrons. The number of phenols is 1. The number of nitrogens with zero attached hydrogens (tertiary/aromatic N) is 2. The number of hydrogen-bond donors (Lipinski definition) is 2. The molecule has 5 rings (SSSR count). The van der Waals surface area contributed by atoms with Crippen molar-refractivity contribution in [3.05, 3.63) is 82.9 Å². The minimum absolute atomic E-state index is 0.0830. The summed E-state index contributed by atoms with van der Waals surface area (Å²) >= 11 is 1.29. The summed E-state index contributed by atoms with van der Waals surface area (Å²) in [5.74, 6) is -1.24. The molecule has 38 heavy (non-hydrogen) atoms. The first-order valence-corrected chi connectivity index (χ1v) is 12.9. The molecule has 9 heteroatoms. The maximum absolute atomic E-state index is 13.5. The number of amides is 1. The van der Waals surface area contributed by atoms with Crippen LogP contribution in [0.15, 0.2) is 66.2 Å². The molecule has 4 aromatic rings. The molecule has 1 unspecified atom stereocenters. The Morgan fingerprint density at radius 1 is 1.08 bits per heavy atom. The number of hydrogen-bond acceptors (Lipinski definition) is 8. The number of benzene rings is 3. The minimum Gasteiger partial charge on any atom is -0.507 e. The van der Waals surface area contributed by atoms with Crippen LogP contribution in [-0.4, -0.2) is 40.6 Å². The molecule has 0 spiro atoms. The quantitative estimate of drug-likeness (QED) is 0.178. The second kappa shape index (κ2) is 10.2. The third kappa shape index (κ3) is 4.45. The smallest absolute Gasteiger partial charge is 0.301 e. The Kier molecular flexibility index (Phi) is 6.77. The van der Waals surface area contributed by atoms with Crippen LogP contribution in [0.1, 0.15) is 36.1 Å². The number of Topliss-reactive ketones (excluding diaryl/α,β-unsaturated/α-hetero) is 1. The fourth-order valence-electron chi connectivity index (χ4n) is 4.42. The second-order valence-corrected chi connectivity index (χ2v) is 9.95. The van der Waals surface area contributed by atoms with Gasteiger partial charge in [0.25, 0.3) is 5.78 Å². The van der Waals surface area contributed by atoms with E-state index in [-0.39, 0.29) is 22.8 Å². The molecular weight excluding hydrogens is 504 g/mol. The van der Waals surface area contributed by atoms with Crippen molar-refractivity contribution >= 4 is 44.1 Å². The Morgan fingerprint density at radius 2 is 1.84 bits per heavy atom. The number of carbonyl (C=O) groups excluding carboxylic acids is 2. The third-order valence-electron chi connectivity index (χ3n) is 6.30. The molecule has 0 radical (unpaired) electrons. The SMILES string of the molecule is CCCOc1ccc(/C(O)=C2\C(=O)C(=O)N(c3nc4ccc(C)cc4s3)C2c2ccc(O)c(OC)c2)cc1. The summed E-state index contributed by atoms with van der Waals surface area (Å²) < 4.78 is 11.8.